The van der Waals surface area contributed by atoms with Gasteiger partial charge in [-0.05, 0) is 30.3 Å². The molecule has 25 heavy (non-hydrogen) atoms. The van der Waals surface area contributed by atoms with Gasteiger partial charge in [-0.2, -0.15) is 8.78 Å². The number of nitrogens with one attached hydrogen (secondary N) is 1. The fourth-order valence-corrected chi connectivity index (χ4v) is 1.84. The summed E-state index contributed by atoms with van der Waals surface area (Å²) in [5.74, 6) is -2.58. The van der Waals surface area contributed by atoms with Crippen LogP contribution < -0.4 is 10.1 Å². The summed E-state index contributed by atoms with van der Waals surface area (Å²) in [5.41, 5.74) is 0.208. The molecule has 0 aliphatic heterocycles. The summed E-state index contributed by atoms with van der Waals surface area (Å²) < 4.78 is 33.2. The quantitative estimate of drug-likeness (QED) is 0.810. The number of benzene rings is 2. The molecule has 0 aliphatic carbocycles. The number of carbonyl (C=O) groups is 3. The first kappa shape index (κ1) is 18.1. The molecule has 0 atom stereocenters. The van der Waals surface area contributed by atoms with Crippen molar-refractivity contribution in [1.82, 2.24) is 5.32 Å². The van der Waals surface area contributed by atoms with E-state index in [-0.39, 0.29) is 16.9 Å². The zero-order chi connectivity index (χ0) is 18.2. The highest BCUT2D eigenvalue weighted by Crippen LogP contribution is 2.16. The maximum atomic E-state index is 12.1. The third kappa shape index (κ3) is 5.69. The molecule has 0 heterocycles. The molecule has 0 aliphatic rings. The number of amides is 2. The molecule has 0 fully saturated rings. The Kier molecular flexibility index (Phi) is 6.16. The minimum Gasteiger partial charge on any atom is -0.452 e. The van der Waals surface area contributed by atoms with Crippen LogP contribution in [0.25, 0.3) is 0 Å². The van der Waals surface area contributed by atoms with Crippen LogP contribution in [-0.4, -0.2) is 31.0 Å². The average molecular weight is 349 g/mol. The maximum Gasteiger partial charge on any atom is 0.387 e. The minimum absolute atomic E-state index is 0.0691. The molecule has 0 saturated heterocycles. The first-order valence-corrected chi connectivity index (χ1v) is 7.07. The second kappa shape index (κ2) is 8.53. The maximum absolute atomic E-state index is 12.1. The van der Waals surface area contributed by atoms with E-state index in [2.05, 4.69) is 10.1 Å². The first-order chi connectivity index (χ1) is 12.0. The van der Waals surface area contributed by atoms with Crippen molar-refractivity contribution in [2.45, 2.75) is 6.61 Å². The van der Waals surface area contributed by atoms with Crippen LogP contribution in [0.3, 0.4) is 0 Å². The van der Waals surface area contributed by atoms with Gasteiger partial charge in [-0.15, -0.1) is 0 Å². The van der Waals surface area contributed by atoms with Gasteiger partial charge in [0, 0.05) is 5.56 Å². The number of ether oxygens (including phenoxy) is 2. The Morgan fingerprint density at radius 3 is 2.32 bits per heavy atom. The lowest BCUT2D eigenvalue weighted by atomic mass is 10.2. The zero-order valence-electron chi connectivity index (χ0n) is 12.8. The van der Waals surface area contributed by atoms with Gasteiger partial charge in [0.2, 0.25) is 0 Å². The summed E-state index contributed by atoms with van der Waals surface area (Å²) in [6, 6.07) is 13.0. The lowest BCUT2D eigenvalue weighted by molar-refractivity contribution is -0.123. The normalized spacial score (nSPS) is 10.2. The van der Waals surface area contributed by atoms with E-state index in [0.29, 0.717) is 0 Å². The summed E-state index contributed by atoms with van der Waals surface area (Å²) >= 11 is 0. The predicted molar refractivity (Wildman–Crippen MR) is 82.3 cm³/mol. The first-order valence-electron chi connectivity index (χ1n) is 7.07. The van der Waals surface area contributed by atoms with Crippen molar-refractivity contribution >= 4 is 17.8 Å². The number of rotatable bonds is 6. The number of carbonyl (C=O) groups excluding carboxylic acids is 3. The molecule has 0 unspecified atom stereocenters. The smallest absolute Gasteiger partial charge is 0.387 e. The largest absolute Gasteiger partial charge is 0.452 e. The predicted octanol–water partition coefficient (Wildman–Crippen LogP) is 2.40. The summed E-state index contributed by atoms with van der Waals surface area (Å²) in [6.07, 6.45) is 0. The van der Waals surface area contributed by atoms with E-state index in [1.807, 2.05) is 0 Å². The molecule has 130 valence electrons. The van der Waals surface area contributed by atoms with Crippen molar-refractivity contribution < 1.29 is 32.6 Å². The van der Waals surface area contributed by atoms with Gasteiger partial charge in [0.15, 0.2) is 6.61 Å². The fourth-order valence-electron chi connectivity index (χ4n) is 1.84. The molecular weight excluding hydrogens is 336 g/mol. The van der Waals surface area contributed by atoms with Gasteiger partial charge in [0.1, 0.15) is 5.75 Å². The van der Waals surface area contributed by atoms with E-state index in [0.717, 1.165) is 6.07 Å². The SMILES string of the molecule is O=C(COC(=O)c1cccc(OC(F)F)c1)NC(=O)c1ccccc1. The van der Waals surface area contributed by atoms with Crippen LogP contribution in [0, 0.1) is 0 Å². The van der Waals surface area contributed by atoms with Crippen LogP contribution >= 0.6 is 0 Å². The third-order valence-corrected chi connectivity index (χ3v) is 2.92. The highest BCUT2D eigenvalue weighted by atomic mass is 19.3. The van der Waals surface area contributed by atoms with Gasteiger partial charge in [0.25, 0.3) is 11.8 Å². The lowest BCUT2D eigenvalue weighted by Crippen LogP contribution is -2.34. The fraction of sp³-hybridized carbons (Fsp3) is 0.118. The van der Waals surface area contributed by atoms with Crippen LogP contribution in [0.4, 0.5) is 8.78 Å². The van der Waals surface area contributed by atoms with E-state index >= 15 is 0 Å². The average Bonchev–Trinajstić information content (AvgIpc) is 2.60. The molecule has 2 aromatic carbocycles. The van der Waals surface area contributed by atoms with Gasteiger partial charge in [0.05, 0.1) is 5.56 Å². The van der Waals surface area contributed by atoms with Crippen molar-refractivity contribution in [3.05, 3.63) is 65.7 Å². The Morgan fingerprint density at radius 2 is 1.64 bits per heavy atom. The molecule has 0 radical (unpaired) electrons. The number of hydrogen-bond donors (Lipinski definition) is 1. The van der Waals surface area contributed by atoms with Crippen molar-refractivity contribution in [3.63, 3.8) is 0 Å². The summed E-state index contributed by atoms with van der Waals surface area (Å²) in [7, 11) is 0. The van der Waals surface area contributed by atoms with Gasteiger partial charge >= 0.3 is 12.6 Å². The molecule has 0 saturated carbocycles. The Labute approximate surface area is 141 Å². The molecule has 0 spiro atoms. The van der Waals surface area contributed by atoms with Crippen molar-refractivity contribution in [2.24, 2.45) is 0 Å². The Morgan fingerprint density at radius 1 is 0.960 bits per heavy atom. The van der Waals surface area contributed by atoms with Gasteiger partial charge < -0.3 is 9.47 Å². The molecule has 1 N–H and O–H groups in total. The van der Waals surface area contributed by atoms with E-state index in [9.17, 15) is 23.2 Å². The molecular formula is C17H13F2NO5. The lowest BCUT2D eigenvalue weighted by Gasteiger charge is -2.08. The van der Waals surface area contributed by atoms with Gasteiger partial charge in [-0.25, -0.2) is 4.79 Å². The van der Waals surface area contributed by atoms with Crippen LogP contribution in [0.1, 0.15) is 20.7 Å². The summed E-state index contributed by atoms with van der Waals surface area (Å²) in [5, 5.41) is 2.06. The zero-order valence-corrected chi connectivity index (χ0v) is 12.8. The molecule has 6 nitrogen and oxygen atoms in total. The number of halogens is 2. The van der Waals surface area contributed by atoms with E-state index < -0.39 is 31.0 Å². The molecule has 2 rings (SSSR count). The van der Waals surface area contributed by atoms with Crippen molar-refractivity contribution in [2.75, 3.05) is 6.61 Å². The van der Waals surface area contributed by atoms with Crippen LogP contribution in [0.15, 0.2) is 54.6 Å². The van der Waals surface area contributed by atoms with E-state index in [1.54, 1.807) is 18.2 Å². The molecule has 2 amide bonds. The number of hydrogen-bond acceptors (Lipinski definition) is 5. The van der Waals surface area contributed by atoms with E-state index in [1.165, 1.54) is 30.3 Å². The number of imide groups is 1. The van der Waals surface area contributed by atoms with Crippen molar-refractivity contribution in [3.8, 4) is 5.75 Å². The monoisotopic (exact) mass is 349 g/mol. The number of esters is 1. The van der Waals surface area contributed by atoms with Crippen molar-refractivity contribution in [1.29, 1.82) is 0 Å². The molecule has 8 heteroatoms. The summed E-state index contributed by atoms with van der Waals surface area (Å²) in [6.45, 7) is -3.72. The topological polar surface area (TPSA) is 81.7 Å². The Bertz CT molecular complexity index is 765. The van der Waals surface area contributed by atoms with Gasteiger partial charge in [-0.3, -0.25) is 14.9 Å². The highest BCUT2D eigenvalue weighted by Gasteiger charge is 2.14. The molecule has 2 aromatic rings. The summed E-state index contributed by atoms with van der Waals surface area (Å²) in [4.78, 5) is 35.2. The minimum atomic E-state index is -3.03. The second-order valence-corrected chi connectivity index (χ2v) is 4.73. The third-order valence-electron chi connectivity index (χ3n) is 2.92. The Hall–Kier alpha value is -3.29. The second-order valence-electron chi connectivity index (χ2n) is 4.73. The van der Waals surface area contributed by atoms with Gasteiger partial charge in [-0.1, -0.05) is 24.3 Å². The van der Waals surface area contributed by atoms with E-state index in [4.69, 9.17) is 4.74 Å². The standard InChI is InChI=1S/C17H13F2NO5/c18-17(19)25-13-8-4-7-12(9-13)16(23)24-10-14(21)20-15(22)11-5-2-1-3-6-11/h1-9,17H,10H2,(H,20,21,22). The molecule has 0 bridgehead atoms. The van der Waals surface area contributed by atoms with Crippen LogP contribution in [0.2, 0.25) is 0 Å². The van der Waals surface area contributed by atoms with Crippen LogP contribution in [-0.2, 0) is 9.53 Å². The number of alkyl halides is 2. The van der Waals surface area contributed by atoms with Crippen LogP contribution in [0.5, 0.6) is 5.75 Å². The molecule has 0 aromatic heterocycles. The highest BCUT2D eigenvalue weighted by molar-refractivity contribution is 6.05. The Balaban J connectivity index is 1.87.